The van der Waals surface area contributed by atoms with E-state index in [0.29, 0.717) is 32.1 Å². The van der Waals surface area contributed by atoms with Gasteiger partial charge >= 0.3 is 0 Å². The monoisotopic (exact) mass is 346 g/mol. The highest BCUT2D eigenvalue weighted by Crippen LogP contribution is 2.31. The van der Waals surface area contributed by atoms with Crippen molar-refractivity contribution in [3.8, 4) is 5.75 Å². The quantitative estimate of drug-likeness (QED) is 0.840. The Balaban J connectivity index is 1.29. The molecule has 0 radical (unpaired) electrons. The fourth-order valence-electron chi connectivity index (χ4n) is 4.14. The molecule has 5 nitrogen and oxygen atoms in total. The molecule has 6 heteroatoms. The van der Waals surface area contributed by atoms with Gasteiger partial charge in [0, 0.05) is 19.0 Å². The maximum atomic E-state index is 13.6. The highest BCUT2D eigenvalue weighted by Gasteiger charge is 2.43. The zero-order valence-corrected chi connectivity index (χ0v) is 14.2. The smallest absolute Gasteiger partial charge is 0.228 e. The van der Waals surface area contributed by atoms with E-state index in [-0.39, 0.29) is 35.4 Å². The molecule has 3 aliphatic rings. The standard InChI is InChI=1S/C19H23FN2O3/c20-16-7-3-4-8-17(16)25-15-11-21(12-15)19(24)13-9-18(23)22(10-13)14-5-1-2-6-14/h3-4,7-8,13-15H,1-2,5-6,9-12H2. The molecular formula is C19H23FN2O3. The van der Waals surface area contributed by atoms with Gasteiger partial charge in [0.15, 0.2) is 11.6 Å². The summed E-state index contributed by atoms with van der Waals surface area (Å²) in [6.45, 7) is 1.47. The lowest BCUT2D eigenvalue weighted by Crippen LogP contribution is -2.58. The number of likely N-dealkylation sites (tertiary alicyclic amines) is 2. The van der Waals surface area contributed by atoms with Gasteiger partial charge in [0.05, 0.1) is 19.0 Å². The molecule has 0 aromatic heterocycles. The molecule has 4 rings (SSSR count). The van der Waals surface area contributed by atoms with E-state index in [4.69, 9.17) is 4.74 Å². The first-order valence-electron chi connectivity index (χ1n) is 9.11. The summed E-state index contributed by atoms with van der Waals surface area (Å²) in [5.74, 6) is -0.251. The normalized spacial score (nSPS) is 24.7. The third kappa shape index (κ3) is 3.22. The minimum Gasteiger partial charge on any atom is -0.484 e. The Morgan fingerprint density at radius 1 is 1.12 bits per heavy atom. The van der Waals surface area contributed by atoms with E-state index in [1.807, 2.05) is 4.90 Å². The van der Waals surface area contributed by atoms with Crippen molar-refractivity contribution >= 4 is 11.8 Å². The summed E-state index contributed by atoms with van der Waals surface area (Å²) in [6, 6.07) is 6.63. The van der Waals surface area contributed by atoms with Gasteiger partial charge in [-0.05, 0) is 25.0 Å². The average molecular weight is 346 g/mol. The van der Waals surface area contributed by atoms with E-state index in [2.05, 4.69) is 0 Å². The molecule has 2 saturated heterocycles. The van der Waals surface area contributed by atoms with Gasteiger partial charge in [-0.2, -0.15) is 0 Å². The van der Waals surface area contributed by atoms with E-state index in [1.165, 1.54) is 18.9 Å². The highest BCUT2D eigenvalue weighted by atomic mass is 19.1. The SMILES string of the molecule is O=C(C1CC(=O)N(C2CCCC2)C1)N1CC(Oc2ccccc2F)C1. The largest absolute Gasteiger partial charge is 0.484 e. The van der Waals surface area contributed by atoms with Gasteiger partial charge in [-0.1, -0.05) is 25.0 Å². The van der Waals surface area contributed by atoms with E-state index in [0.717, 1.165) is 12.8 Å². The summed E-state index contributed by atoms with van der Waals surface area (Å²) in [7, 11) is 0. The van der Waals surface area contributed by atoms with E-state index in [9.17, 15) is 14.0 Å². The van der Waals surface area contributed by atoms with Crippen LogP contribution in [0, 0.1) is 11.7 Å². The third-order valence-corrected chi connectivity index (χ3v) is 5.56. The zero-order chi connectivity index (χ0) is 17.4. The summed E-state index contributed by atoms with van der Waals surface area (Å²) in [5, 5.41) is 0. The van der Waals surface area contributed by atoms with Crippen molar-refractivity contribution in [3.63, 3.8) is 0 Å². The summed E-state index contributed by atoms with van der Waals surface area (Å²) in [6.07, 6.45) is 4.63. The number of hydrogen-bond acceptors (Lipinski definition) is 3. The number of nitrogens with zero attached hydrogens (tertiary/aromatic N) is 2. The predicted octanol–water partition coefficient (Wildman–Crippen LogP) is 2.21. The Morgan fingerprint density at radius 2 is 1.84 bits per heavy atom. The van der Waals surface area contributed by atoms with Gasteiger partial charge in [0.2, 0.25) is 11.8 Å². The van der Waals surface area contributed by atoms with Crippen LogP contribution in [0.25, 0.3) is 0 Å². The van der Waals surface area contributed by atoms with E-state index < -0.39 is 0 Å². The lowest BCUT2D eigenvalue weighted by atomic mass is 10.0. The van der Waals surface area contributed by atoms with Crippen LogP contribution in [0.4, 0.5) is 4.39 Å². The van der Waals surface area contributed by atoms with Crippen LogP contribution in [-0.2, 0) is 9.59 Å². The number of carbonyl (C=O) groups is 2. The van der Waals surface area contributed by atoms with Crippen LogP contribution in [0.1, 0.15) is 32.1 Å². The Morgan fingerprint density at radius 3 is 2.56 bits per heavy atom. The average Bonchev–Trinajstić information content (AvgIpc) is 3.20. The Labute approximate surface area is 146 Å². The molecule has 1 saturated carbocycles. The van der Waals surface area contributed by atoms with Gasteiger partial charge in [0.25, 0.3) is 0 Å². The van der Waals surface area contributed by atoms with Crippen molar-refractivity contribution in [3.05, 3.63) is 30.1 Å². The number of hydrogen-bond donors (Lipinski definition) is 0. The molecule has 134 valence electrons. The van der Waals surface area contributed by atoms with Crippen LogP contribution in [0.3, 0.4) is 0 Å². The molecule has 0 spiro atoms. The lowest BCUT2D eigenvalue weighted by molar-refractivity contribution is -0.144. The molecule has 2 amide bonds. The van der Waals surface area contributed by atoms with Crippen LogP contribution in [0.5, 0.6) is 5.75 Å². The first kappa shape index (κ1) is 16.4. The van der Waals surface area contributed by atoms with E-state index in [1.54, 1.807) is 23.1 Å². The molecule has 0 bridgehead atoms. The fraction of sp³-hybridized carbons (Fsp3) is 0.579. The lowest BCUT2D eigenvalue weighted by Gasteiger charge is -2.40. The van der Waals surface area contributed by atoms with Gasteiger partial charge < -0.3 is 14.5 Å². The molecule has 1 aromatic carbocycles. The first-order chi connectivity index (χ1) is 12.1. The highest BCUT2D eigenvalue weighted by molar-refractivity contribution is 5.89. The number of rotatable bonds is 4. The number of benzene rings is 1. The maximum Gasteiger partial charge on any atom is 0.228 e. The van der Waals surface area contributed by atoms with Crippen LogP contribution >= 0.6 is 0 Å². The molecule has 25 heavy (non-hydrogen) atoms. The second-order valence-corrected chi connectivity index (χ2v) is 7.30. The molecule has 1 aromatic rings. The third-order valence-electron chi connectivity index (χ3n) is 5.56. The number of amides is 2. The van der Waals surface area contributed by atoms with Crippen molar-refractivity contribution in [2.24, 2.45) is 5.92 Å². The summed E-state index contributed by atoms with van der Waals surface area (Å²) >= 11 is 0. The maximum absolute atomic E-state index is 13.6. The second kappa shape index (κ2) is 6.65. The van der Waals surface area contributed by atoms with Crippen molar-refractivity contribution in [2.75, 3.05) is 19.6 Å². The molecule has 3 fully saturated rings. The van der Waals surface area contributed by atoms with Crippen LogP contribution in [-0.4, -0.2) is 53.4 Å². The molecule has 0 N–H and O–H groups in total. The van der Waals surface area contributed by atoms with Gasteiger partial charge in [0.1, 0.15) is 6.10 Å². The number of halogens is 1. The number of carbonyl (C=O) groups excluding carboxylic acids is 2. The number of ether oxygens (including phenoxy) is 1. The van der Waals surface area contributed by atoms with Gasteiger partial charge in [-0.25, -0.2) is 4.39 Å². The number of para-hydroxylation sites is 1. The zero-order valence-electron chi connectivity index (χ0n) is 14.2. The molecule has 1 unspecified atom stereocenters. The molecule has 2 aliphatic heterocycles. The Bertz CT molecular complexity index is 668. The second-order valence-electron chi connectivity index (χ2n) is 7.30. The molecule has 1 aliphatic carbocycles. The summed E-state index contributed by atoms with van der Waals surface area (Å²) in [5.41, 5.74) is 0. The van der Waals surface area contributed by atoms with E-state index >= 15 is 0 Å². The topological polar surface area (TPSA) is 49.9 Å². The van der Waals surface area contributed by atoms with Gasteiger partial charge in [-0.15, -0.1) is 0 Å². The van der Waals surface area contributed by atoms with Crippen LogP contribution in [0.15, 0.2) is 24.3 Å². The molecule has 2 heterocycles. The minimum atomic E-state index is -0.388. The predicted molar refractivity (Wildman–Crippen MR) is 89.5 cm³/mol. The fourth-order valence-corrected chi connectivity index (χ4v) is 4.14. The minimum absolute atomic E-state index is 0.0298. The van der Waals surface area contributed by atoms with Crippen molar-refractivity contribution in [1.82, 2.24) is 9.80 Å². The first-order valence-corrected chi connectivity index (χ1v) is 9.11. The van der Waals surface area contributed by atoms with Crippen molar-refractivity contribution < 1.29 is 18.7 Å². The van der Waals surface area contributed by atoms with Crippen LogP contribution < -0.4 is 4.74 Å². The summed E-state index contributed by atoms with van der Waals surface area (Å²) < 4.78 is 19.2. The van der Waals surface area contributed by atoms with Crippen molar-refractivity contribution in [1.29, 1.82) is 0 Å². The van der Waals surface area contributed by atoms with Crippen molar-refractivity contribution in [2.45, 2.75) is 44.2 Å². The molecular weight excluding hydrogens is 323 g/mol. The van der Waals surface area contributed by atoms with Crippen LogP contribution in [0.2, 0.25) is 0 Å². The Kier molecular flexibility index (Phi) is 4.36. The van der Waals surface area contributed by atoms with Gasteiger partial charge in [-0.3, -0.25) is 9.59 Å². The Hall–Kier alpha value is -2.11. The molecule has 1 atom stereocenters. The summed E-state index contributed by atoms with van der Waals surface area (Å²) in [4.78, 5) is 28.5.